The fourth-order valence-electron chi connectivity index (χ4n) is 6.51. The molecule has 0 aliphatic carbocycles. The molecule has 0 spiro atoms. The van der Waals surface area contributed by atoms with E-state index in [0.717, 1.165) is 0 Å². The molecule has 0 heterocycles. The second kappa shape index (κ2) is 41.4. The van der Waals surface area contributed by atoms with Gasteiger partial charge in [-0.25, -0.2) is 0 Å². The van der Waals surface area contributed by atoms with Crippen molar-refractivity contribution in [2.45, 2.75) is 239 Å². The summed E-state index contributed by atoms with van der Waals surface area (Å²) >= 11 is 0. The molecule has 256 valence electrons. The average Bonchev–Trinajstić information content (AvgIpc) is 2.98. The van der Waals surface area contributed by atoms with E-state index in [4.69, 9.17) is 0 Å². The molecule has 0 saturated carbocycles. The first-order chi connectivity index (χ1) is 20.3. The van der Waals surface area contributed by atoms with Crippen LogP contribution in [-0.4, -0.2) is 18.5 Å². The third-order valence-electron chi connectivity index (χ3n) is 9.48. The van der Waals surface area contributed by atoms with E-state index in [1.54, 1.807) is 18.5 Å². The zero-order valence-corrected chi connectivity index (χ0v) is 31.2. The molecule has 3 N–H and O–H groups in total. The molecule has 0 aromatic rings. The predicted molar refractivity (Wildman–Crippen MR) is 201 cm³/mol. The first-order valence-corrected chi connectivity index (χ1v) is 22.0. The second-order valence-corrected chi connectivity index (χ2v) is 16.5. The third-order valence-corrected chi connectivity index (χ3v) is 12.3. The summed E-state index contributed by atoms with van der Waals surface area (Å²) in [7, 11) is 0.343. The molecule has 0 aliphatic rings. The van der Waals surface area contributed by atoms with Crippen molar-refractivity contribution < 1.29 is 0 Å². The van der Waals surface area contributed by atoms with Crippen LogP contribution in [0.15, 0.2) is 0 Å². The summed E-state index contributed by atoms with van der Waals surface area (Å²) in [4.78, 5) is 0. The van der Waals surface area contributed by atoms with Crippen LogP contribution in [0.5, 0.6) is 0 Å². The van der Waals surface area contributed by atoms with Crippen molar-refractivity contribution in [3.05, 3.63) is 0 Å². The Hall–Kier alpha value is 0.390. The molecule has 0 saturated heterocycles. The summed E-state index contributed by atoms with van der Waals surface area (Å²) in [6.45, 7) is 6.98. The van der Waals surface area contributed by atoms with Gasteiger partial charge in [0.05, 0.1) is 0 Å². The van der Waals surface area contributed by atoms with Gasteiger partial charge in [0.25, 0.3) is 0 Å². The Morgan fingerprint density at radius 2 is 0.357 bits per heavy atom. The molecule has 0 aromatic carbocycles. The zero-order chi connectivity index (χ0) is 29.7. The third kappa shape index (κ3) is 38.4. The van der Waals surface area contributed by atoms with Gasteiger partial charge in [0, 0.05) is 0 Å². The summed E-state index contributed by atoms with van der Waals surface area (Å²) < 4.78 is 0. The van der Waals surface area contributed by atoms with Crippen LogP contribution in [-0.2, 0) is 0 Å². The van der Waals surface area contributed by atoms with Gasteiger partial charge < -0.3 is 6.15 Å². The normalized spacial score (nSPS) is 11.4. The van der Waals surface area contributed by atoms with Gasteiger partial charge in [-0.3, -0.25) is 0 Å². The van der Waals surface area contributed by atoms with Gasteiger partial charge in [0.1, 0.15) is 0 Å². The number of rotatable bonds is 37. The summed E-state index contributed by atoms with van der Waals surface area (Å²) in [5, 5.41) is 0. The van der Waals surface area contributed by atoms with Crippen molar-refractivity contribution in [3.8, 4) is 0 Å². The van der Waals surface area contributed by atoms with E-state index in [9.17, 15) is 0 Å². The van der Waals surface area contributed by atoms with Crippen LogP contribution in [0.2, 0.25) is 0 Å². The summed E-state index contributed by atoms with van der Waals surface area (Å²) in [5.41, 5.74) is 0. The van der Waals surface area contributed by atoms with Crippen LogP contribution >= 0.6 is 7.92 Å². The minimum Gasteiger partial charge on any atom is -0.344 e. The largest absolute Gasteiger partial charge is 0.344 e. The van der Waals surface area contributed by atoms with Crippen molar-refractivity contribution in [1.29, 1.82) is 0 Å². The molecule has 0 atom stereocenters. The Morgan fingerprint density at radius 1 is 0.214 bits per heavy atom. The number of unbranched alkanes of at least 4 members (excludes halogenated alkanes) is 31. The maximum atomic E-state index is 2.33. The molecule has 0 aliphatic heterocycles. The fourth-order valence-corrected chi connectivity index (χ4v) is 9.19. The highest BCUT2D eigenvalue weighted by Gasteiger charge is 2.08. The minimum absolute atomic E-state index is 0. The van der Waals surface area contributed by atoms with Crippen molar-refractivity contribution in [3.63, 3.8) is 0 Å². The van der Waals surface area contributed by atoms with Crippen LogP contribution in [0, 0.1) is 0 Å². The molecule has 42 heavy (non-hydrogen) atoms. The molecular weight excluding hydrogens is 525 g/mol. The molecule has 1 nitrogen and oxygen atoms in total. The number of hydrogen-bond acceptors (Lipinski definition) is 1. The highest BCUT2D eigenvalue weighted by molar-refractivity contribution is 7.57. The highest BCUT2D eigenvalue weighted by atomic mass is 31.1. The molecule has 2 heteroatoms. The quantitative estimate of drug-likeness (QED) is 0.0550. The Morgan fingerprint density at radius 3 is 0.524 bits per heavy atom. The van der Waals surface area contributed by atoms with Gasteiger partial charge in [-0.15, -0.1) is 7.92 Å². The van der Waals surface area contributed by atoms with Crippen LogP contribution in [0.25, 0.3) is 0 Å². The summed E-state index contributed by atoms with van der Waals surface area (Å²) in [6.07, 6.45) is 55.2. The van der Waals surface area contributed by atoms with Crippen molar-refractivity contribution in [2.75, 3.05) is 18.5 Å². The fraction of sp³-hybridized carbons (Fsp3) is 1.00. The monoisotopic (exact) mass is 612 g/mol. The zero-order valence-electron chi connectivity index (χ0n) is 30.3. The number of hydrogen-bond donors (Lipinski definition) is 1. The molecule has 0 fully saturated rings. The lowest BCUT2D eigenvalue weighted by Crippen LogP contribution is -1.97. The van der Waals surface area contributed by atoms with E-state index < -0.39 is 0 Å². The summed E-state index contributed by atoms with van der Waals surface area (Å²) in [6, 6.07) is 0. The Balaban J connectivity index is 0. The SMILES string of the molecule is CCCCCCCCCCCCCCCCCCCCCCCCP(CCCCCCCC)CCCCCCCC.N. The predicted octanol–water partition coefficient (Wildman–Crippen LogP) is 16.0. The molecule has 0 radical (unpaired) electrons. The molecule has 0 aromatic heterocycles. The van der Waals surface area contributed by atoms with Crippen LogP contribution in [0.4, 0.5) is 0 Å². The van der Waals surface area contributed by atoms with E-state index in [0.29, 0.717) is 7.92 Å². The standard InChI is InChI=1S/C40H83P.H3N/c1-4-7-10-13-16-17-18-19-20-21-22-23-24-25-26-27-28-29-30-31-34-37-40-41(38-35-32-14-11-8-5-2)39-36-33-15-12-9-6-3;/h4-40H2,1-3H3;1H3. The van der Waals surface area contributed by atoms with E-state index in [-0.39, 0.29) is 6.15 Å². The van der Waals surface area contributed by atoms with Crippen LogP contribution < -0.4 is 6.15 Å². The Labute approximate surface area is 271 Å². The Bertz CT molecular complexity index is 423. The van der Waals surface area contributed by atoms with E-state index >= 15 is 0 Å². The maximum Gasteiger partial charge on any atom is -0.0326 e. The molecule has 0 unspecified atom stereocenters. The van der Waals surface area contributed by atoms with Gasteiger partial charge in [-0.1, -0.05) is 220 Å². The van der Waals surface area contributed by atoms with Crippen molar-refractivity contribution in [1.82, 2.24) is 6.15 Å². The first kappa shape index (κ1) is 44.5. The van der Waals surface area contributed by atoms with Gasteiger partial charge in [0.15, 0.2) is 0 Å². The topological polar surface area (TPSA) is 35.0 Å². The maximum absolute atomic E-state index is 2.33. The first-order valence-electron chi connectivity index (χ1n) is 20.1. The molecular formula is C40H86NP. The van der Waals surface area contributed by atoms with Gasteiger partial charge in [-0.05, 0) is 37.7 Å². The van der Waals surface area contributed by atoms with E-state index in [1.165, 1.54) is 218 Å². The minimum atomic E-state index is 0. The summed E-state index contributed by atoms with van der Waals surface area (Å²) in [5.74, 6) is 0. The van der Waals surface area contributed by atoms with Gasteiger partial charge in [-0.2, -0.15) is 0 Å². The van der Waals surface area contributed by atoms with E-state index in [1.807, 2.05) is 0 Å². The van der Waals surface area contributed by atoms with Gasteiger partial charge >= 0.3 is 0 Å². The lowest BCUT2D eigenvalue weighted by atomic mass is 10.0. The Kier molecular flexibility index (Phi) is 43.9. The lowest BCUT2D eigenvalue weighted by molar-refractivity contribution is 0.520. The molecule has 0 amide bonds. The smallest absolute Gasteiger partial charge is 0.0326 e. The van der Waals surface area contributed by atoms with Crippen LogP contribution in [0.3, 0.4) is 0 Å². The van der Waals surface area contributed by atoms with E-state index in [2.05, 4.69) is 20.8 Å². The highest BCUT2D eigenvalue weighted by Crippen LogP contribution is 2.39. The molecule has 0 bridgehead atoms. The average molecular weight is 612 g/mol. The molecule has 0 rings (SSSR count). The van der Waals surface area contributed by atoms with Crippen molar-refractivity contribution >= 4 is 7.92 Å². The van der Waals surface area contributed by atoms with Crippen LogP contribution in [0.1, 0.15) is 239 Å². The van der Waals surface area contributed by atoms with Gasteiger partial charge in [0.2, 0.25) is 0 Å². The van der Waals surface area contributed by atoms with Crippen molar-refractivity contribution in [2.24, 2.45) is 0 Å². The second-order valence-electron chi connectivity index (χ2n) is 13.8. The lowest BCUT2D eigenvalue weighted by Gasteiger charge is -2.18.